The molecule has 4 fully saturated rings. The van der Waals surface area contributed by atoms with E-state index in [0.29, 0.717) is 7.35 Å². The summed E-state index contributed by atoms with van der Waals surface area (Å²) in [5, 5.41) is 0. The van der Waals surface area contributed by atoms with Crippen LogP contribution in [0.2, 0.25) is 58.9 Å². The van der Waals surface area contributed by atoms with E-state index in [-0.39, 0.29) is 18.4 Å². The summed E-state index contributed by atoms with van der Waals surface area (Å²) >= 11 is 0. The molecule has 0 unspecified atom stereocenters. The van der Waals surface area contributed by atoms with Crippen LogP contribution in [0.5, 0.6) is 0 Å². The number of hydrogen-bond acceptors (Lipinski definition) is 0. The van der Waals surface area contributed by atoms with Crippen LogP contribution in [0.25, 0.3) is 0 Å². The van der Waals surface area contributed by atoms with Gasteiger partial charge in [-0.1, -0.05) is 58.9 Å². The highest BCUT2D eigenvalue weighted by Crippen LogP contribution is 2.97. The van der Waals surface area contributed by atoms with Crippen molar-refractivity contribution in [2.24, 2.45) is 0 Å². The summed E-state index contributed by atoms with van der Waals surface area (Å²) in [6.07, 6.45) is -0.865. The highest BCUT2D eigenvalue weighted by Gasteiger charge is 3.33. The van der Waals surface area contributed by atoms with Crippen molar-refractivity contribution in [3.8, 4) is 0 Å². The Bertz CT molecular complexity index is 326. The minimum atomic E-state index is -0.624. The summed E-state index contributed by atoms with van der Waals surface area (Å²) in [5.74, 6) is 0. The minimum absolute atomic E-state index is 0.288. The van der Waals surface area contributed by atoms with Crippen LogP contribution >= 0.6 is 0 Å². The van der Waals surface area contributed by atoms with Gasteiger partial charge in [0.05, 0.1) is 0 Å². The molecule has 0 amide bonds. The van der Waals surface area contributed by atoms with Gasteiger partial charge in [0.25, 0.3) is 0 Å². The van der Waals surface area contributed by atoms with Crippen LogP contribution in [0.15, 0.2) is 0 Å². The van der Waals surface area contributed by atoms with Crippen molar-refractivity contribution >= 4 is 48.6 Å². The average Bonchev–Trinajstić information content (AvgIpc) is 2.77. The molecule has 0 aromatic heterocycles. The lowest BCUT2D eigenvalue weighted by atomic mass is 11.8. The molecule has 7 heteroatoms. The monoisotopic (exact) mass is 331 g/mol. The quantitative estimate of drug-likeness (QED) is 0.697. The maximum Gasteiger partial charge on any atom is 0.0289 e. The molecule has 0 aromatic rings. The van der Waals surface area contributed by atoms with Gasteiger partial charge in [-0.3, -0.25) is 0 Å². The lowest BCUT2D eigenvalue weighted by molar-refractivity contribution is 1.85. The van der Waals surface area contributed by atoms with Crippen LogP contribution in [-0.4, -0.2) is 48.6 Å². The van der Waals surface area contributed by atoms with Crippen LogP contribution in [0, 0.1) is 0 Å². The second-order valence-corrected chi connectivity index (χ2v) is 105. The SMILES string of the molecule is C[Si](C)(C)[Si]12[Si]3[Si]1([Si](C)(C)C)[Si]32[Si](C)(C)C. The first-order valence-corrected chi connectivity index (χ1v) is 33.8. The third-order valence-corrected chi connectivity index (χ3v) is 272. The Kier molecular flexibility index (Phi) is 1.90. The van der Waals surface area contributed by atoms with E-state index >= 15 is 0 Å². The first-order valence-electron chi connectivity index (χ1n) is 6.75. The van der Waals surface area contributed by atoms with Crippen LogP contribution < -0.4 is 0 Å². The van der Waals surface area contributed by atoms with Gasteiger partial charge in [-0.05, 0) is 0 Å². The zero-order valence-electron chi connectivity index (χ0n) is 12.5. The van der Waals surface area contributed by atoms with Crippen molar-refractivity contribution in [2.75, 3.05) is 0 Å². The summed E-state index contributed by atoms with van der Waals surface area (Å²) in [4.78, 5) is 0. The lowest BCUT2D eigenvalue weighted by Gasteiger charge is -2.20. The fraction of sp³-hybridized carbons (Fsp3) is 1.00. The molecule has 4 rings (SSSR count). The maximum atomic E-state index is 2.81. The first-order chi connectivity index (χ1) is 6.87. The van der Waals surface area contributed by atoms with Gasteiger partial charge in [0, 0.05) is 48.6 Å². The zero-order valence-corrected chi connectivity index (χ0v) is 19.5. The Labute approximate surface area is 107 Å². The molecule has 16 heavy (non-hydrogen) atoms. The fourth-order valence-corrected chi connectivity index (χ4v) is 721. The van der Waals surface area contributed by atoms with Crippen molar-refractivity contribution < 1.29 is 0 Å². The van der Waals surface area contributed by atoms with Crippen molar-refractivity contribution in [3.05, 3.63) is 0 Å². The second kappa shape index (κ2) is 2.42. The Hall–Kier alpha value is 1.52. The molecule has 0 bridgehead atoms. The molecule has 4 heterocycles. The van der Waals surface area contributed by atoms with Crippen molar-refractivity contribution in [2.45, 2.75) is 58.9 Å². The molecule has 0 saturated carbocycles. The molecule has 0 nitrogen and oxygen atoms in total. The van der Waals surface area contributed by atoms with Gasteiger partial charge in [0.1, 0.15) is 0 Å². The summed E-state index contributed by atoms with van der Waals surface area (Å²) in [7, 11) is -1.30. The van der Waals surface area contributed by atoms with E-state index in [0.717, 1.165) is 0 Å². The third-order valence-electron chi connectivity index (χ3n) is 5.94. The highest BCUT2D eigenvalue weighted by molar-refractivity contribution is 9.03. The minimum Gasteiger partial charge on any atom is -0.0721 e. The Balaban J connectivity index is 2.07. The van der Waals surface area contributed by atoms with Crippen LogP contribution in [0.3, 0.4) is 0 Å². The van der Waals surface area contributed by atoms with Gasteiger partial charge in [-0.2, -0.15) is 0 Å². The smallest absolute Gasteiger partial charge is 0.0289 e. The molecule has 0 aromatic carbocycles. The lowest BCUT2D eigenvalue weighted by Crippen LogP contribution is -2.45. The Morgan fingerprint density at radius 3 is 0.750 bits per heavy atom. The van der Waals surface area contributed by atoms with Gasteiger partial charge in [-0.15, -0.1) is 0 Å². The van der Waals surface area contributed by atoms with Gasteiger partial charge in [0.2, 0.25) is 0 Å². The van der Waals surface area contributed by atoms with E-state index in [2.05, 4.69) is 58.9 Å². The fourth-order valence-electron chi connectivity index (χ4n) is 6.09. The molecule has 4 aliphatic heterocycles. The molecule has 0 atom stereocenters. The highest BCUT2D eigenvalue weighted by atomic mass is 31.3. The zero-order chi connectivity index (χ0) is 12.6. The van der Waals surface area contributed by atoms with Crippen molar-refractivity contribution in [1.82, 2.24) is 0 Å². The van der Waals surface area contributed by atoms with Gasteiger partial charge in [0.15, 0.2) is 0 Å². The van der Waals surface area contributed by atoms with Crippen LogP contribution in [0.1, 0.15) is 0 Å². The normalized spacial score (nSPS) is 50.1. The summed E-state index contributed by atoms with van der Waals surface area (Å²) in [6, 6.07) is 0. The van der Waals surface area contributed by atoms with Crippen LogP contribution in [-0.2, 0) is 0 Å². The van der Waals surface area contributed by atoms with E-state index in [9.17, 15) is 0 Å². The number of hydrogen-bond donors (Lipinski definition) is 0. The third kappa shape index (κ3) is 0.762. The standard InChI is InChI=1S/C9H27Si7/c1-11(2,3)14-10-15(14,12(4,5)6)16(10,14)13(7,8)9/h1-9H3. The topological polar surface area (TPSA) is 0 Å². The van der Waals surface area contributed by atoms with Crippen LogP contribution in [0.4, 0.5) is 0 Å². The molecule has 0 aliphatic carbocycles. The van der Waals surface area contributed by atoms with Gasteiger partial charge >= 0.3 is 0 Å². The molecule has 0 spiro atoms. The van der Waals surface area contributed by atoms with Gasteiger partial charge in [-0.25, -0.2) is 0 Å². The first kappa shape index (κ1) is 12.5. The average molecular weight is 332 g/mol. The molecular weight excluding hydrogens is 305 g/mol. The van der Waals surface area contributed by atoms with E-state index < -0.39 is 22.8 Å². The molecule has 4 saturated heterocycles. The predicted octanol–water partition coefficient (Wildman–Crippen LogP) is 2.59. The van der Waals surface area contributed by atoms with E-state index in [1.807, 2.05) is 0 Å². The van der Waals surface area contributed by atoms with Gasteiger partial charge < -0.3 is 0 Å². The Morgan fingerprint density at radius 1 is 0.500 bits per heavy atom. The van der Waals surface area contributed by atoms with E-state index in [1.165, 1.54) is 0 Å². The summed E-state index contributed by atoms with van der Waals surface area (Å²) < 4.78 is 0. The summed E-state index contributed by atoms with van der Waals surface area (Å²) in [6.45, 7) is 25.3. The summed E-state index contributed by atoms with van der Waals surface area (Å²) in [5.41, 5.74) is 0. The van der Waals surface area contributed by atoms with E-state index in [1.54, 1.807) is 0 Å². The largest absolute Gasteiger partial charge is 0.0721 e. The second-order valence-electron chi connectivity index (χ2n) is 9.38. The van der Waals surface area contributed by atoms with Crippen molar-refractivity contribution in [3.63, 3.8) is 0 Å². The molecule has 91 valence electrons. The van der Waals surface area contributed by atoms with Crippen molar-refractivity contribution in [1.29, 1.82) is 0 Å². The maximum absolute atomic E-state index is 2.81. The Morgan fingerprint density at radius 2 is 0.688 bits per heavy atom. The van der Waals surface area contributed by atoms with E-state index in [4.69, 9.17) is 0 Å². The predicted molar refractivity (Wildman–Crippen MR) is 93.1 cm³/mol. The molecule has 1 radical (unpaired) electrons. The molecule has 4 aliphatic rings. The molecular formula is C9H27Si7. The number of rotatable bonds is 3. The molecule has 0 N–H and O–H groups in total.